The minimum Gasteiger partial charge on any atom is -0.494 e. The SMILES string of the molecule is CCCCCCCCOC(=O)OCc1ccccc1-c1nc(-c2cccc(OCC)c2)n[nH]1. The van der Waals surface area contributed by atoms with E-state index in [9.17, 15) is 4.79 Å². The van der Waals surface area contributed by atoms with E-state index in [0.29, 0.717) is 24.9 Å². The Hall–Kier alpha value is -3.35. The Kier molecular flexibility index (Phi) is 9.76. The summed E-state index contributed by atoms with van der Waals surface area (Å²) in [6.07, 6.45) is 6.17. The Bertz CT molecular complexity index is 1000. The molecule has 0 atom stereocenters. The first kappa shape index (κ1) is 24.3. The van der Waals surface area contributed by atoms with E-state index in [-0.39, 0.29) is 6.61 Å². The van der Waals surface area contributed by atoms with E-state index in [4.69, 9.17) is 14.2 Å². The molecule has 7 nitrogen and oxygen atoms in total. The molecule has 0 radical (unpaired) electrons. The number of carbonyl (C=O) groups is 1. The smallest absolute Gasteiger partial charge is 0.494 e. The number of aromatic amines is 1. The fourth-order valence-corrected chi connectivity index (χ4v) is 3.50. The second-order valence-electron chi connectivity index (χ2n) is 7.78. The van der Waals surface area contributed by atoms with Crippen LogP contribution in [0, 0.1) is 0 Å². The van der Waals surface area contributed by atoms with Crippen molar-refractivity contribution < 1.29 is 19.0 Å². The van der Waals surface area contributed by atoms with Crippen molar-refractivity contribution in [3.8, 4) is 28.5 Å². The topological polar surface area (TPSA) is 86.3 Å². The minimum atomic E-state index is -0.649. The molecule has 1 N–H and O–H groups in total. The van der Waals surface area contributed by atoms with Gasteiger partial charge in [0.1, 0.15) is 12.4 Å². The number of rotatable bonds is 13. The molecule has 0 fully saturated rings. The number of hydrogen-bond donors (Lipinski definition) is 1. The Morgan fingerprint density at radius 3 is 2.61 bits per heavy atom. The van der Waals surface area contributed by atoms with Crippen LogP contribution in [0.1, 0.15) is 57.9 Å². The van der Waals surface area contributed by atoms with Crippen LogP contribution in [0.25, 0.3) is 22.8 Å². The molecule has 3 aromatic rings. The lowest BCUT2D eigenvalue weighted by Gasteiger charge is -2.09. The standard InChI is InChI=1S/C26H33N3O4/c1-3-5-6-7-8-11-17-32-26(30)33-19-21-13-9-10-16-23(21)25-27-24(28-29-25)20-14-12-15-22(18-20)31-4-2/h9-10,12-16,18H,3-8,11,17,19H2,1-2H3,(H,27,28,29). The summed E-state index contributed by atoms with van der Waals surface area (Å²) in [5.41, 5.74) is 2.50. The van der Waals surface area contributed by atoms with Crippen molar-refractivity contribution >= 4 is 6.16 Å². The highest BCUT2D eigenvalue weighted by molar-refractivity contribution is 5.65. The van der Waals surface area contributed by atoms with Gasteiger partial charge in [-0.05, 0) is 25.5 Å². The molecule has 0 aliphatic rings. The predicted octanol–water partition coefficient (Wildman–Crippen LogP) is 6.55. The van der Waals surface area contributed by atoms with E-state index < -0.39 is 6.16 Å². The van der Waals surface area contributed by atoms with Crippen LogP contribution in [0.4, 0.5) is 4.79 Å². The van der Waals surface area contributed by atoms with E-state index in [1.807, 2.05) is 55.5 Å². The number of nitrogens with one attached hydrogen (secondary N) is 1. The number of nitrogens with zero attached hydrogens (tertiary/aromatic N) is 2. The quantitative estimate of drug-likeness (QED) is 0.234. The molecule has 7 heteroatoms. The minimum absolute atomic E-state index is 0.0986. The highest BCUT2D eigenvalue weighted by Gasteiger charge is 2.13. The van der Waals surface area contributed by atoms with E-state index in [1.54, 1.807) is 0 Å². The first-order valence-corrected chi connectivity index (χ1v) is 11.7. The maximum Gasteiger partial charge on any atom is 0.508 e. The summed E-state index contributed by atoms with van der Waals surface area (Å²) in [6, 6.07) is 15.3. The number of hydrogen-bond acceptors (Lipinski definition) is 6. The van der Waals surface area contributed by atoms with Gasteiger partial charge in [0.2, 0.25) is 0 Å². The van der Waals surface area contributed by atoms with E-state index in [2.05, 4.69) is 22.1 Å². The van der Waals surface area contributed by atoms with E-state index in [0.717, 1.165) is 35.3 Å². The van der Waals surface area contributed by atoms with Gasteiger partial charge < -0.3 is 14.2 Å². The van der Waals surface area contributed by atoms with Gasteiger partial charge in [-0.25, -0.2) is 9.78 Å². The van der Waals surface area contributed by atoms with Crippen molar-refractivity contribution in [1.29, 1.82) is 0 Å². The van der Waals surface area contributed by atoms with Crippen molar-refractivity contribution in [3.05, 3.63) is 54.1 Å². The lowest BCUT2D eigenvalue weighted by Crippen LogP contribution is -2.09. The Balaban J connectivity index is 1.55. The highest BCUT2D eigenvalue weighted by atomic mass is 16.7. The van der Waals surface area contributed by atoms with Crippen LogP contribution >= 0.6 is 0 Å². The van der Waals surface area contributed by atoms with Crippen molar-refractivity contribution in [1.82, 2.24) is 15.2 Å². The molecule has 0 spiro atoms. The fraction of sp³-hybridized carbons (Fsp3) is 0.423. The molecule has 176 valence electrons. The van der Waals surface area contributed by atoms with Gasteiger partial charge in [-0.2, -0.15) is 5.10 Å². The largest absolute Gasteiger partial charge is 0.508 e. The zero-order valence-corrected chi connectivity index (χ0v) is 19.5. The van der Waals surface area contributed by atoms with Crippen LogP contribution in [0.15, 0.2) is 48.5 Å². The van der Waals surface area contributed by atoms with Crippen molar-refractivity contribution in [2.45, 2.75) is 59.0 Å². The van der Waals surface area contributed by atoms with Crippen molar-refractivity contribution in [3.63, 3.8) is 0 Å². The first-order chi connectivity index (χ1) is 16.2. The molecular formula is C26H33N3O4. The Morgan fingerprint density at radius 1 is 0.939 bits per heavy atom. The first-order valence-electron chi connectivity index (χ1n) is 11.7. The van der Waals surface area contributed by atoms with Gasteiger partial charge in [0, 0.05) is 16.7 Å². The van der Waals surface area contributed by atoms with Gasteiger partial charge in [-0.1, -0.05) is 75.4 Å². The monoisotopic (exact) mass is 451 g/mol. The molecule has 2 aromatic carbocycles. The molecule has 0 unspecified atom stereocenters. The number of carbonyl (C=O) groups excluding carboxylic acids is 1. The Morgan fingerprint density at radius 2 is 1.76 bits per heavy atom. The van der Waals surface area contributed by atoms with Crippen molar-refractivity contribution in [2.75, 3.05) is 13.2 Å². The number of H-pyrrole nitrogens is 1. The van der Waals surface area contributed by atoms with Crippen molar-refractivity contribution in [2.24, 2.45) is 0 Å². The lowest BCUT2D eigenvalue weighted by molar-refractivity contribution is 0.0488. The molecule has 0 saturated carbocycles. The van der Waals surface area contributed by atoms with Crippen LogP contribution in [0.5, 0.6) is 5.75 Å². The summed E-state index contributed by atoms with van der Waals surface area (Å²) in [5.74, 6) is 1.95. The zero-order chi connectivity index (χ0) is 23.3. The number of unbranched alkanes of at least 4 members (excludes halogenated alkanes) is 5. The molecule has 33 heavy (non-hydrogen) atoms. The van der Waals surface area contributed by atoms with Gasteiger partial charge >= 0.3 is 6.16 Å². The third-order valence-electron chi connectivity index (χ3n) is 5.22. The molecule has 0 aliphatic carbocycles. The van der Waals surface area contributed by atoms with Crippen LogP contribution in [-0.2, 0) is 16.1 Å². The van der Waals surface area contributed by atoms with E-state index >= 15 is 0 Å². The molecule has 0 saturated heterocycles. The summed E-state index contributed by atoms with van der Waals surface area (Å²) < 4.78 is 16.1. The van der Waals surface area contributed by atoms with Crippen LogP contribution in [-0.4, -0.2) is 34.6 Å². The molecule has 0 aliphatic heterocycles. The van der Waals surface area contributed by atoms with Gasteiger partial charge in [-0.3, -0.25) is 5.10 Å². The van der Waals surface area contributed by atoms with E-state index in [1.165, 1.54) is 25.7 Å². The zero-order valence-electron chi connectivity index (χ0n) is 19.5. The normalized spacial score (nSPS) is 10.7. The third kappa shape index (κ3) is 7.63. The summed E-state index contributed by atoms with van der Waals surface area (Å²) in [7, 11) is 0. The van der Waals surface area contributed by atoms with Crippen LogP contribution in [0.3, 0.4) is 0 Å². The van der Waals surface area contributed by atoms with Gasteiger partial charge in [-0.15, -0.1) is 0 Å². The van der Waals surface area contributed by atoms with Gasteiger partial charge in [0.25, 0.3) is 0 Å². The van der Waals surface area contributed by atoms with Crippen LogP contribution in [0.2, 0.25) is 0 Å². The van der Waals surface area contributed by atoms with Gasteiger partial charge in [0.15, 0.2) is 11.6 Å². The van der Waals surface area contributed by atoms with Crippen LogP contribution < -0.4 is 4.74 Å². The highest BCUT2D eigenvalue weighted by Crippen LogP contribution is 2.25. The predicted molar refractivity (Wildman–Crippen MR) is 128 cm³/mol. The molecular weight excluding hydrogens is 418 g/mol. The average molecular weight is 452 g/mol. The maximum atomic E-state index is 12.0. The lowest BCUT2D eigenvalue weighted by atomic mass is 10.1. The molecule has 0 amide bonds. The summed E-state index contributed by atoms with van der Waals surface area (Å²) in [6.45, 7) is 5.22. The third-order valence-corrected chi connectivity index (χ3v) is 5.22. The van der Waals surface area contributed by atoms with Gasteiger partial charge in [0.05, 0.1) is 13.2 Å². The second-order valence-corrected chi connectivity index (χ2v) is 7.78. The maximum absolute atomic E-state index is 12.0. The Labute approximate surface area is 195 Å². The second kappa shape index (κ2) is 13.3. The summed E-state index contributed by atoms with van der Waals surface area (Å²) >= 11 is 0. The number of ether oxygens (including phenoxy) is 3. The molecule has 1 heterocycles. The molecule has 3 rings (SSSR count). The summed E-state index contributed by atoms with van der Waals surface area (Å²) in [5, 5.41) is 7.34. The number of benzene rings is 2. The molecule has 1 aromatic heterocycles. The average Bonchev–Trinajstić information content (AvgIpc) is 3.33. The molecule has 0 bridgehead atoms. The number of aromatic nitrogens is 3. The summed E-state index contributed by atoms with van der Waals surface area (Å²) in [4.78, 5) is 16.6. The fourth-order valence-electron chi connectivity index (χ4n) is 3.50.